The van der Waals surface area contributed by atoms with E-state index in [2.05, 4.69) is 17.1 Å². The van der Waals surface area contributed by atoms with Gasteiger partial charge in [-0.3, -0.25) is 9.69 Å². The van der Waals surface area contributed by atoms with Gasteiger partial charge in [0.15, 0.2) is 12.4 Å². The average Bonchev–Trinajstić information content (AvgIpc) is 3.18. The van der Waals surface area contributed by atoms with Crippen molar-refractivity contribution in [2.24, 2.45) is 5.92 Å². The summed E-state index contributed by atoms with van der Waals surface area (Å²) >= 11 is 0. The Hall–Kier alpha value is -2.46. The lowest BCUT2D eigenvalue weighted by Gasteiger charge is -2.31. The van der Waals surface area contributed by atoms with Gasteiger partial charge in [0.05, 0.1) is 17.1 Å². The number of ether oxygens (including phenoxy) is 1. The molecule has 1 saturated heterocycles. The van der Waals surface area contributed by atoms with E-state index in [-0.39, 0.29) is 24.0 Å². The van der Waals surface area contributed by atoms with Gasteiger partial charge in [-0.05, 0) is 37.0 Å². The standard InChI is InChI=1S/C19H24N4O5S/c1-3-18-20-17(21-28-18)11-23-15-10-14(4-5-16(15)27-12-19(23)24)29(25,26)22-8-6-13(2)7-9-22/h4-5,10,13H,3,6-9,11-12H2,1-2H3. The molecular formula is C19H24N4O5S. The van der Waals surface area contributed by atoms with E-state index in [1.165, 1.54) is 21.3 Å². The van der Waals surface area contributed by atoms with Gasteiger partial charge in [0.25, 0.3) is 5.91 Å². The first kappa shape index (κ1) is 19.8. The van der Waals surface area contributed by atoms with Crippen molar-refractivity contribution in [2.45, 2.75) is 44.6 Å². The molecule has 1 amide bonds. The van der Waals surface area contributed by atoms with Gasteiger partial charge in [-0.1, -0.05) is 19.0 Å². The lowest BCUT2D eigenvalue weighted by Crippen LogP contribution is -2.39. The molecule has 3 heterocycles. The minimum atomic E-state index is -3.64. The molecule has 0 spiro atoms. The number of carbonyl (C=O) groups excluding carboxylic acids is 1. The van der Waals surface area contributed by atoms with E-state index in [1.54, 1.807) is 6.07 Å². The van der Waals surface area contributed by atoms with E-state index in [0.717, 1.165) is 12.8 Å². The van der Waals surface area contributed by atoms with Gasteiger partial charge in [-0.2, -0.15) is 9.29 Å². The predicted molar refractivity (Wildman–Crippen MR) is 104 cm³/mol. The monoisotopic (exact) mass is 420 g/mol. The highest BCUT2D eigenvalue weighted by Gasteiger charge is 2.32. The van der Waals surface area contributed by atoms with Gasteiger partial charge in [-0.25, -0.2) is 8.42 Å². The zero-order valence-electron chi connectivity index (χ0n) is 16.5. The summed E-state index contributed by atoms with van der Waals surface area (Å²) in [6, 6.07) is 4.63. The van der Waals surface area contributed by atoms with Crippen LogP contribution >= 0.6 is 0 Å². The molecule has 29 heavy (non-hydrogen) atoms. The molecule has 2 aliphatic heterocycles. The van der Waals surface area contributed by atoms with Crippen molar-refractivity contribution in [3.63, 3.8) is 0 Å². The number of carbonyl (C=O) groups is 1. The number of amides is 1. The van der Waals surface area contributed by atoms with Crippen LogP contribution in [0.15, 0.2) is 27.6 Å². The molecule has 0 unspecified atom stereocenters. The van der Waals surface area contributed by atoms with E-state index in [9.17, 15) is 13.2 Å². The van der Waals surface area contributed by atoms with E-state index >= 15 is 0 Å². The molecule has 10 heteroatoms. The van der Waals surface area contributed by atoms with Gasteiger partial charge in [0.1, 0.15) is 5.75 Å². The van der Waals surface area contributed by atoms with E-state index < -0.39 is 10.0 Å². The van der Waals surface area contributed by atoms with Crippen LogP contribution in [0.4, 0.5) is 5.69 Å². The number of aryl methyl sites for hydroxylation is 1. The molecule has 4 rings (SSSR count). The van der Waals surface area contributed by atoms with Crippen molar-refractivity contribution in [2.75, 3.05) is 24.6 Å². The van der Waals surface area contributed by atoms with Crippen LogP contribution in [0.2, 0.25) is 0 Å². The Morgan fingerprint density at radius 1 is 1.24 bits per heavy atom. The first-order valence-corrected chi connectivity index (χ1v) is 11.2. The Morgan fingerprint density at radius 3 is 2.69 bits per heavy atom. The number of benzene rings is 1. The Bertz CT molecular complexity index is 1010. The summed E-state index contributed by atoms with van der Waals surface area (Å²) in [5.41, 5.74) is 0.399. The molecule has 9 nitrogen and oxygen atoms in total. The molecule has 0 atom stereocenters. The summed E-state index contributed by atoms with van der Waals surface area (Å²) in [5.74, 6) is 1.53. The maximum absolute atomic E-state index is 13.1. The second-order valence-electron chi connectivity index (χ2n) is 7.44. The number of sulfonamides is 1. The van der Waals surface area contributed by atoms with E-state index in [0.29, 0.717) is 48.6 Å². The highest BCUT2D eigenvalue weighted by Crippen LogP contribution is 2.36. The normalized spacial score (nSPS) is 18.6. The van der Waals surface area contributed by atoms with Gasteiger partial charge in [0, 0.05) is 19.5 Å². The van der Waals surface area contributed by atoms with Crippen molar-refractivity contribution in [1.29, 1.82) is 0 Å². The van der Waals surface area contributed by atoms with Crippen molar-refractivity contribution >= 4 is 21.6 Å². The number of anilines is 1. The van der Waals surface area contributed by atoms with Crippen LogP contribution in [-0.4, -0.2) is 48.5 Å². The Morgan fingerprint density at radius 2 is 2.00 bits per heavy atom. The minimum absolute atomic E-state index is 0.0867. The lowest BCUT2D eigenvalue weighted by atomic mass is 10.0. The van der Waals surface area contributed by atoms with Gasteiger partial charge in [-0.15, -0.1) is 0 Å². The Labute approximate surface area is 169 Å². The number of fused-ring (bicyclic) bond motifs is 1. The van der Waals surface area contributed by atoms with Crippen LogP contribution in [0.5, 0.6) is 5.75 Å². The number of aromatic nitrogens is 2. The molecule has 156 valence electrons. The van der Waals surface area contributed by atoms with Crippen LogP contribution in [0.3, 0.4) is 0 Å². The molecule has 0 aliphatic carbocycles. The maximum atomic E-state index is 13.1. The highest BCUT2D eigenvalue weighted by atomic mass is 32.2. The first-order chi connectivity index (χ1) is 13.9. The summed E-state index contributed by atoms with van der Waals surface area (Å²) < 4.78 is 38.3. The molecule has 1 aromatic heterocycles. The third-order valence-electron chi connectivity index (χ3n) is 5.37. The predicted octanol–water partition coefficient (Wildman–Crippen LogP) is 1.98. The SMILES string of the molecule is CCc1nc(CN2C(=O)COc3ccc(S(=O)(=O)N4CCC(C)CC4)cc32)no1. The lowest BCUT2D eigenvalue weighted by molar-refractivity contribution is -0.121. The van der Waals surface area contributed by atoms with Crippen LogP contribution in [0.1, 0.15) is 38.4 Å². The molecule has 0 radical (unpaired) electrons. The quantitative estimate of drug-likeness (QED) is 0.728. The summed E-state index contributed by atoms with van der Waals surface area (Å²) in [5, 5.41) is 3.89. The van der Waals surface area contributed by atoms with Crippen molar-refractivity contribution < 1.29 is 22.5 Å². The summed E-state index contributed by atoms with van der Waals surface area (Å²) in [6.45, 7) is 4.99. The van der Waals surface area contributed by atoms with Crippen molar-refractivity contribution in [3.05, 3.63) is 29.9 Å². The molecule has 2 aliphatic rings. The highest BCUT2D eigenvalue weighted by molar-refractivity contribution is 7.89. The summed E-state index contributed by atoms with van der Waals surface area (Å²) in [7, 11) is -3.64. The summed E-state index contributed by atoms with van der Waals surface area (Å²) in [6.07, 6.45) is 2.28. The largest absolute Gasteiger partial charge is 0.482 e. The fraction of sp³-hybridized carbons (Fsp3) is 0.526. The number of hydrogen-bond donors (Lipinski definition) is 0. The third kappa shape index (κ3) is 3.86. The minimum Gasteiger partial charge on any atom is -0.482 e. The number of rotatable bonds is 5. The van der Waals surface area contributed by atoms with Crippen LogP contribution in [-0.2, 0) is 27.8 Å². The smallest absolute Gasteiger partial charge is 0.265 e. The number of hydrogen-bond acceptors (Lipinski definition) is 7. The first-order valence-electron chi connectivity index (χ1n) is 9.77. The molecule has 0 bridgehead atoms. The Balaban J connectivity index is 1.65. The van der Waals surface area contributed by atoms with Crippen LogP contribution < -0.4 is 9.64 Å². The van der Waals surface area contributed by atoms with Crippen molar-refractivity contribution in [3.8, 4) is 5.75 Å². The Kier molecular flexibility index (Phi) is 5.30. The molecule has 1 fully saturated rings. The van der Waals surface area contributed by atoms with Gasteiger partial charge in [0.2, 0.25) is 15.9 Å². The molecule has 0 saturated carbocycles. The van der Waals surface area contributed by atoms with Crippen molar-refractivity contribution in [1.82, 2.24) is 14.4 Å². The fourth-order valence-electron chi connectivity index (χ4n) is 3.53. The number of nitrogens with zero attached hydrogens (tertiary/aromatic N) is 4. The van der Waals surface area contributed by atoms with E-state index in [4.69, 9.17) is 9.26 Å². The maximum Gasteiger partial charge on any atom is 0.265 e. The van der Waals surface area contributed by atoms with Crippen LogP contribution in [0, 0.1) is 5.92 Å². The van der Waals surface area contributed by atoms with Gasteiger partial charge >= 0.3 is 0 Å². The van der Waals surface area contributed by atoms with Gasteiger partial charge < -0.3 is 9.26 Å². The zero-order valence-corrected chi connectivity index (χ0v) is 17.3. The second-order valence-corrected chi connectivity index (χ2v) is 9.38. The molecule has 1 aromatic carbocycles. The average molecular weight is 420 g/mol. The van der Waals surface area contributed by atoms with Crippen LogP contribution in [0.25, 0.3) is 0 Å². The molecule has 0 N–H and O–H groups in total. The number of piperidine rings is 1. The second kappa shape index (κ2) is 7.75. The topological polar surface area (TPSA) is 106 Å². The fourth-order valence-corrected chi connectivity index (χ4v) is 5.02. The third-order valence-corrected chi connectivity index (χ3v) is 7.26. The molecule has 2 aromatic rings. The molecular weight excluding hydrogens is 396 g/mol. The van der Waals surface area contributed by atoms with E-state index in [1.807, 2.05) is 6.92 Å². The summed E-state index contributed by atoms with van der Waals surface area (Å²) in [4.78, 5) is 18.3. The zero-order chi connectivity index (χ0) is 20.6.